The standard InChI is InChI=1S/C15H15F3N4O/c1-9-4-5-19-13(6-9)20-14(23)8-22-11(10-2-3-10)7-12(21-22)15(16,17)18/h4-7,10H,2-3,8H2,1H3,(H,19,20,23). The van der Waals surface area contributed by atoms with Crippen molar-refractivity contribution >= 4 is 11.7 Å². The van der Waals surface area contributed by atoms with E-state index in [0.29, 0.717) is 11.5 Å². The lowest BCUT2D eigenvalue weighted by molar-refractivity contribution is -0.141. The summed E-state index contributed by atoms with van der Waals surface area (Å²) in [6.45, 7) is 1.59. The molecule has 0 unspecified atom stereocenters. The van der Waals surface area contributed by atoms with Crippen molar-refractivity contribution in [2.24, 2.45) is 0 Å². The maximum atomic E-state index is 12.8. The predicted octanol–water partition coefficient (Wildman–Crippen LogP) is 3.12. The summed E-state index contributed by atoms with van der Waals surface area (Å²) in [5, 5.41) is 6.13. The largest absolute Gasteiger partial charge is 0.435 e. The van der Waals surface area contributed by atoms with E-state index in [9.17, 15) is 18.0 Å². The van der Waals surface area contributed by atoms with E-state index in [1.165, 1.54) is 0 Å². The Hall–Kier alpha value is -2.38. The minimum Gasteiger partial charge on any atom is -0.309 e. The van der Waals surface area contributed by atoms with Crippen LogP contribution in [0.15, 0.2) is 24.4 Å². The Morgan fingerprint density at radius 3 is 2.74 bits per heavy atom. The summed E-state index contributed by atoms with van der Waals surface area (Å²) in [7, 11) is 0. The lowest BCUT2D eigenvalue weighted by Gasteiger charge is -2.08. The Balaban J connectivity index is 1.76. The van der Waals surface area contributed by atoms with Crippen molar-refractivity contribution in [3.05, 3.63) is 41.3 Å². The molecule has 1 fully saturated rings. The highest BCUT2D eigenvalue weighted by Crippen LogP contribution is 2.42. The first-order valence-electron chi connectivity index (χ1n) is 7.20. The Morgan fingerprint density at radius 1 is 1.39 bits per heavy atom. The summed E-state index contributed by atoms with van der Waals surface area (Å²) in [5.74, 6) is -0.0310. The van der Waals surface area contributed by atoms with E-state index >= 15 is 0 Å². The number of pyridine rings is 1. The van der Waals surface area contributed by atoms with Crippen molar-refractivity contribution in [3.8, 4) is 0 Å². The van der Waals surface area contributed by atoms with Crippen LogP contribution in [0.3, 0.4) is 0 Å². The number of halogens is 3. The number of nitrogens with one attached hydrogen (secondary N) is 1. The maximum absolute atomic E-state index is 12.8. The van der Waals surface area contributed by atoms with Gasteiger partial charge in [-0.3, -0.25) is 9.48 Å². The van der Waals surface area contributed by atoms with Crippen LogP contribution in [0, 0.1) is 6.92 Å². The molecule has 0 aromatic carbocycles. The molecule has 0 atom stereocenters. The van der Waals surface area contributed by atoms with Crippen molar-refractivity contribution in [2.45, 2.75) is 38.4 Å². The van der Waals surface area contributed by atoms with E-state index in [2.05, 4.69) is 15.4 Å². The average Bonchev–Trinajstić information content (AvgIpc) is 3.19. The molecule has 0 spiro atoms. The summed E-state index contributed by atoms with van der Waals surface area (Å²) in [6, 6.07) is 4.50. The fourth-order valence-corrected chi connectivity index (χ4v) is 2.33. The molecule has 1 amide bonds. The van der Waals surface area contributed by atoms with Crippen molar-refractivity contribution < 1.29 is 18.0 Å². The molecular weight excluding hydrogens is 309 g/mol. The first-order valence-corrected chi connectivity index (χ1v) is 7.20. The van der Waals surface area contributed by atoms with Crippen LogP contribution in [-0.4, -0.2) is 20.7 Å². The van der Waals surface area contributed by atoms with E-state index in [1.54, 1.807) is 18.3 Å². The van der Waals surface area contributed by atoms with Crippen LogP contribution in [0.1, 0.15) is 35.7 Å². The number of amides is 1. The number of hydrogen-bond donors (Lipinski definition) is 1. The molecule has 1 aliphatic carbocycles. The number of alkyl halides is 3. The third-order valence-electron chi connectivity index (χ3n) is 3.57. The molecule has 8 heteroatoms. The molecule has 1 saturated carbocycles. The monoisotopic (exact) mass is 324 g/mol. The molecular formula is C15H15F3N4O. The SMILES string of the molecule is Cc1ccnc(NC(=O)Cn2nc(C(F)(F)F)cc2C2CC2)c1. The normalized spacial score (nSPS) is 14.8. The second-order valence-corrected chi connectivity index (χ2v) is 5.65. The minimum atomic E-state index is -4.51. The summed E-state index contributed by atoms with van der Waals surface area (Å²) in [4.78, 5) is 16.0. The van der Waals surface area contributed by atoms with Crippen LogP contribution in [-0.2, 0) is 17.5 Å². The molecule has 2 aromatic heterocycles. The van der Waals surface area contributed by atoms with Gasteiger partial charge in [0.05, 0.1) is 0 Å². The Labute approximate surface area is 130 Å². The number of carbonyl (C=O) groups excluding carboxylic acids is 1. The molecule has 0 saturated heterocycles. The van der Waals surface area contributed by atoms with Gasteiger partial charge < -0.3 is 5.32 Å². The molecule has 23 heavy (non-hydrogen) atoms. The van der Waals surface area contributed by atoms with E-state index < -0.39 is 17.8 Å². The van der Waals surface area contributed by atoms with Crippen LogP contribution in [0.2, 0.25) is 0 Å². The molecule has 1 aliphatic rings. The van der Waals surface area contributed by atoms with Gasteiger partial charge in [0.1, 0.15) is 12.4 Å². The van der Waals surface area contributed by atoms with Crippen LogP contribution in [0.4, 0.5) is 19.0 Å². The van der Waals surface area contributed by atoms with Gasteiger partial charge in [-0.05, 0) is 43.5 Å². The third-order valence-corrected chi connectivity index (χ3v) is 3.57. The maximum Gasteiger partial charge on any atom is 0.435 e. The average molecular weight is 324 g/mol. The van der Waals surface area contributed by atoms with E-state index in [-0.39, 0.29) is 12.5 Å². The van der Waals surface area contributed by atoms with Crippen molar-refractivity contribution in [2.75, 3.05) is 5.32 Å². The van der Waals surface area contributed by atoms with Crippen molar-refractivity contribution in [1.29, 1.82) is 0 Å². The van der Waals surface area contributed by atoms with Gasteiger partial charge in [0, 0.05) is 17.8 Å². The van der Waals surface area contributed by atoms with Crippen LogP contribution in [0.5, 0.6) is 0 Å². The van der Waals surface area contributed by atoms with E-state index in [0.717, 1.165) is 29.2 Å². The van der Waals surface area contributed by atoms with Gasteiger partial charge in [0.2, 0.25) is 5.91 Å². The molecule has 122 valence electrons. The summed E-state index contributed by atoms with van der Waals surface area (Å²) in [5.41, 5.74) is 0.429. The molecule has 0 bridgehead atoms. The molecule has 1 N–H and O–H groups in total. The van der Waals surface area contributed by atoms with Crippen molar-refractivity contribution in [3.63, 3.8) is 0 Å². The highest BCUT2D eigenvalue weighted by atomic mass is 19.4. The molecule has 0 aliphatic heterocycles. The fraction of sp³-hybridized carbons (Fsp3) is 0.400. The van der Waals surface area contributed by atoms with E-state index in [4.69, 9.17) is 0 Å². The lowest BCUT2D eigenvalue weighted by Crippen LogP contribution is -2.21. The molecule has 2 heterocycles. The quantitative estimate of drug-likeness (QED) is 0.940. The van der Waals surface area contributed by atoms with Crippen LogP contribution < -0.4 is 5.32 Å². The first kappa shape index (κ1) is 15.5. The van der Waals surface area contributed by atoms with Gasteiger partial charge in [-0.25, -0.2) is 4.98 Å². The topological polar surface area (TPSA) is 59.8 Å². The number of rotatable bonds is 4. The van der Waals surface area contributed by atoms with Gasteiger partial charge in [-0.2, -0.15) is 18.3 Å². The fourth-order valence-electron chi connectivity index (χ4n) is 2.33. The first-order chi connectivity index (χ1) is 10.8. The smallest absolute Gasteiger partial charge is 0.309 e. The Kier molecular flexibility index (Phi) is 3.83. The highest BCUT2D eigenvalue weighted by molar-refractivity contribution is 5.89. The third kappa shape index (κ3) is 3.69. The second kappa shape index (κ2) is 5.68. The predicted molar refractivity (Wildman–Crippen MR) is 76.8 cm³/mol. The highest BCUT2D eigenvalue weighted by Gasteiger charge is 2.38. The molecule has 3 rings (SSSR count). The minimum absolute atomic E-state index is 0.0588. The molecule has 0 radical (unpaired) electrons. The molecule has 2 aromatic rings. The number of anilines is 1. The number of carbonyl (C=O) groups is 1. The van der Waals surface area contributed by atoms with Crippen molar-refractivity contribution in [1.82, 2.24) is 14.8 Å². The van der Waals surface area contributed by atoms with Gasteiger partial charge in [-0.15, -0.1) is 0 Å². The number of hydrogen-bond acceptors (Lipinski definition) is 3. The van der Waals surface area contributed by atoms with Crippen LogP contribution in [0.25, 0.3) is 0 Å². The van der Waals surface area contributed by atoms with Gasteiger partial charge in [0.15, 0.2) is 5.69 Å². The Bertz CT molecular complexity index is 735. The van der Waals surface area contributed by atoms with Gasteiger partial charge in [0.25, 0.3) is 0 Å². The Morgan fingerprint density at radius 2 is 2.13 bits per heavy atom. The zero-order chi connectivity index (χ0) is 16.6. The summed E-state index contributed by atoms with van der Waals surface area (Å²) < 4.78 is 39.6. The number of nitrogens with zero attached hydrogens (tertiary/aromatic N) is 3. The van der Waals surface area contributed by atoms with Gasteiger partial charge >= 0.3 is 6.18 Å². The number of aromatic nitrogens is 3. The summed E-state index contributed by atoms with van der Waals surface area (Å²) >= 11 is 0. The summed E-state index contributed by atoms with van der Waals surface area (Å²) in [6.07, 6.45) is -1.31. The van der Waals surface area contributed by atoms with E-state index in [1.807, 2.05) is 6.92 Å². The molecule has 5 nitrogen and oxygen atoms in total. The zero-order valence-corrected chi connectivity index (χ0v) is 12.4. The number of aryl methyl sites for hydroxylation is 1. The second-order valence-electron chi connectivity index (χ2n) is 5.65. The lowest BCUT2D eigenvalue weighted by atomic mass is 10.2. The van der Waals surface area contributed by atoms with Gasteiger partial charge in [-0.1, -0.05) is 0 Å². The van der Waals surface area contributed by atoms with Crippen LogP contribution >= 0.6 is 0 Å². The zero-order valence-electron chi connectivity index (χ0n) is 12.4.